The van der Waals surface area contributed by atoms with Gasteiger partial charge in [0.05, 0.1) is 5.25 Å². The molecule has 1 saturated heterocycles. The van der Waals surface area contributed by atoms with Gasteiger partial charge >= 0.3 is 0 Å². The zero-order chi connectivity index (χ0) is 16.5. The fourth-order valence-corrected chi connectivity index (χ4v) is 3.78. The molecule has 0 aliphatic carbocycles. The Morgan fingerprint density at radius 2 is 2.21 bits per heavy atom. The van der Waals surface area contributed by atoms with Crippen LogP contribution in [0.5, 0.6) is 0 Å². The highest BCUT2D eigenvalue weighted by molar-refractivity contribution is 8.00. The molecular formula is C16H14FN5OS. The quantitative estimate of drug-likeness (QED) is 0.731. The van der Waals surface area contributed by atoms with E-state index in [4.69, 9.17) is 0 Å². The Balaban J connectivity index is 1.56. The molecule has 24 heavy (non-hydrogen) atoms. The lowest BCUT2D eigenvalue weighted by molar-refractivity contribution is -0.119. The first-order chi connectivity index (χ1) is 11.7. The third-order valence-corrected chi connectivity index (χ3v) is 4.96. The third-order valence-electron chi connectivity index (χ3n) is 3.85. The van der Waals surface area contributed by atoms with Gasteiger partial charge in [0, 0.05) is 24.6 Å². The van der Waals surface area contributed by atoms with E-state index >= 15 is 0 Å². The summed E-state index contributed by atoms with van der Waals surface area (Å²) in [6, 6.07) is 7.90. The SMILES string of the molecule is O=C1[C@@H](Sc2nc3ncccn3n2)CCCN1c1cccc(F)c1. The molecule has 2 aromatic heterocycles. The van der Waals surface area contributed by atoms with E-state index in [2.05, 4.69) is 15.1 Å². The number of fused-ring (bicyclic) bond motifs is 1. The van der Waals surface area contributed by atoms with E-state index in [1.165, 1.54) is 23.9 Å². The summed E-state index contributed by atoms with van der Waals surface area (Å²) in [4.78, 5) is 22.8. The van der Waals surface area contributed by atoms with Gasteiger partial charge in [0.2, 0.25) is 11.1 Å². The summed E-state index contributed by atoms with van der Waals surface area (Å²) in [6.07, 6.45) is 5.01. The molecule has 1 aliphatic heterocycles. The Bertz CT molecular complexity index is 866. The number of nitrogens with zero attached hydrogens (tertiary/aromatic N) is 5. The molecule has 6 nitrogen and oxygen atoms in total. The summed E-state index contributed by atoms with van der Waals surface area (Å²) in [5, 5.41) is 4.57. The molecule has 0 bridgehead atoms. The Morgan fingerprint density at radius 1 is 1.29 bits per heavy atom. The number of carbonyl (C=O) groups excluding carboxylic acids is 1. The molecule has 8 heteroatoms. The Morgan fingerprint density at radius 3 is 3.04 bits per heavy atom. The second-order valence-corrected chi connectivity index (χ2v) is 6.65. The van der Waals surface area contributed by atoms with Crippen LogP contribution in [0.2, 0.25) is 0 Å². The van der Waals surface area contributed by atoms with Crippen molar-refractivity contribution in [2.45, 2.75) is 23.2 Å². The van der Waals surface area contributed by atoms with Gasteiger partial charge in [-0.1, -0.05) is 17.8 Å². The van der Waals surface area contributed by atoms with Crippen LogP contribution in [0.3, 0.4) is 0 Å². The number of aromatic nitrogens is 4. The summed E-state index contributed by atoms with van der Waals surface area (Å²) in [6.45, 7) is 0.597. The van der Waals surface area contributed by atoms with E-state index in [-0.39, 0.29) is 17.0 Å². The number of anilines is 1. The first-order valence-corrected chi connectivity index (χ1v) is 8.50. The second kappa shape index (κ2) is 6.20. The van der Waals surface area contributed by atoms with Gasteiger partial charge in [-0.2, -0.15) is 4.98 Å². The molecule has 3 heterocycles. The average molecular weight is 343 g/mol. The summed E-state index contributed by atoms with van der Waals surface area (Å²) in [7, 11) is 0. The maximum Gasteiger partial charge on any atom is 0.253 e. The van der Waals surface area contributed by atoms with E-state index in [0.717, 1.165) is 12.8 Å². The number of carbonyl (C=O) groups is 1. The van der Waals surface area contributed by atoms with Gasteiger partial charge in [0.25, 0.3) is 5.78 Å². The summed E-state index contributed by atoms with van der Waals surface area (Å²) < 4.78 is 15.0. The van der Waals surface area contributed by atoms with Crippen LogP contribution >= 0.6 is 11.8 Å². The molecule has 3 aromatic rings. The molecule has 1 amide bonds. The molecule has 1 aromatic carbocycles. The van der Waals surface area contributed by atoms with E-state index in [1.807, 2.05) is 0 Å². The van der Waals surface area contributed by atoms with Gasteiger partial charge < -0.3 is 4.90 Å². The van der Waals surface area contributed by atoms with Gasteiger partial charge in [-0.25, -0.2) is 13.9 Å². The van der Waals surface area contributed by atoms with Crippen molar-refractivity contribution in [2.24, 2.45) is 0 Å². The highest BCUT2D eigenvalue weighted by Gasteiger charge is 2.31. The topological polar surface area (TPSA) is 63.4 Å². The van der Waals surface area contributed by atoms with Crippen LogP contribution in [0.1, 0.15) is 12.8 Å². The molecule has 0 spiro atoms. The van der Waals surface area contributed by atoms with Crippen molar-refractivity contribution in [3.05, 3.63) is 48.5 Å². The van der Waals surface area contributed by atoms with E-state index < -0.39 is 0 Å². The highest BCUT2D eigenvalue weighted by Crippen LogP contribution is 2.31. The van der Waals surface area contributed by atoms with Gasteiger partial charge in [-0.05, 0) is 37.1 Å². The second-order valence-electron chi connectivity index (χ2n) is 5.48. The van der Waals surface area contributed by atoms with Crippen LogP contribution < -0.4 is 4.90 Å². The van der Waals surface area contributed by atoms with Crippen LogP contribution in [-0.2, 0) is 4.79 Å². The highest BCUT2D eigenvalue weighted by atomic mass is 32.2. The smallest absolute Gasteiger partial charge is 0.253 e. The van der Waals surface area contributed by atoms with Crippen molar-refractivity contribution in [3.8, 4) is 0 Å². The Labute approximate surface area is 141 Å². The standard InChI is InChI=1S/C16H14FN5OS/c17-11-4-1-5-12(10-11)21-8-2-6-13(14(21)23)24-16-19-15-18-7-3-9-22(15)20-16/h1,3-5,7,9-10,13H,2,6,8H2/t13-/m0/s1. The van der Waals surface area contributed by atoms with Crippen molar-refractivity contribution in [3.63, 3.8) is 0 Å². The molecule has 1 fully saturated rings. The average Bonchev–Trinajstić information content (AvgIpc) is 2.99. The maximum atomic E-state index is 13.4. The molecule has 1 aliphatic rings. The number of rotatable bonds is 3. The van der Waals surface area contributed by atoms with Crippen molar-refractivity contribution in [2.75, 3.05) is 11.4 Å². The van der Waals surface area contributed by atoms with Crippen LogP contribution in [0.15, 0.2) is 47.9 Å². The Hall–Kier alpha value is -2.48. The monoisotopic (exact) mass is 343 g/mol. The zero-order valence-corrected chi connectivity index (χ0v) is 13.5. The molecule has 0 unspecified atom stereocenters. The van der Waals surface area contributed by atoms with Gasteiger partial charge in [0.15, 0.2) is 0 Å². The molecule has 0 N–H and O–H groups in total. The fourth-order valence-electron chi connectivity index (χ4n) is 2.74. The molecule has 0 saturated carbocycles. The third kappa shape index (κ3) is 2.84. The van der Waals surface area contributed by atoms with Crippen molar-refractivity contribution in [1.82, 2.24) is 19.6 Å². The lowest BCUT2D eigenvalue weighted by Crippen LogP contribution is -2.43. The zero-order valence-electron chi connectivity index (χ0n) is 12.7. The molecule has 0 radical (unpaired) electrons. The van der Waals surface area contributed by atoms with Crippen LogP contribution in [0.4, 0.5) is 10.1 Å². The van der Waals surface area contributed by atoms with Crippen LogP contribution in [0.25, 0.3) is 5.78 Å². The minimum atomic E-state index is -0.344. The minimum absolute atomic E-state index is 0.0383. The van der Waals surface area contributed by atoms with Crippen LogP contribution in [-0.4, -0.2) is 37.3 Å². The van der Waals surface area contributed by atoms with Crippen molar-refractivity contribution >= 4 is 29.1 Å². The molecule has 122 valence electrons. The largest absolute Gasteiger partial charge is 0.311 e. The Kier molecular flexibility index (Phi) is 3.89. The van der Waals surface area contributed by atoms with Crippen molar-refractivity contribution in [1.29, 1.82) is 0 Å². The summed E-state index contributed by atoms with van der Waals surface area (Å²) >= 11 is 1.33. The first kappa shape index (κ1) is 15.1. The minimum Gasteiger partial charge on any atom is -0.311 e. The van der Waals surface area contributed by atoms with Gasteiger partial charge in [-0.3, -0.25) is 4.79 Å². The predicted octanol–water partition coefficient (Wildman–Crippen LogP) is 2.55. The number of piperidine rings is 1. The number of benzene rings is 1. The molecule has 4 rings (SSSR count). The number of hydrogen-bond donors (Lipinski definition) is 0. The lowest BCUT2D eigenvalue weighted by atomic mass is 10.1. The van der Waals surface area contributed by atoms with E-state index in [0.29, 0.717) is 23.2 Å². The fraction of sp³-hybridized carbons (Fsp3) is 0.250. The number of thioether (sulfide) groups is 1. The summed E-state index contributed by atoms with van der Waals surface area (Å²) in [5.74, 6) is 0.122. The number of amides is 1. The van der Waals surface area contributed by atoms with Gasteiger partial charge in [0.1, 0.15) is 5.82 Å². The number of halogens is 1. The molecule has 1 atom stereocenters. The first-order valence-electron chi connectivity index (χ1n) is 7.62. The molecular weight excluding hydrogens is 329 g/mol. The van der Waals surface area contributed by atoms with Crippen LogP contribution in [0, 0.1) is 5.82 Å². The summed E-state index contributed by atoms with van der Waals surface area (Å²) in [5.41, 5.74) is 0.593. The van der Waals surface area contributed by atoms with Crippen molar-refractivity contribution < 1.29 is 9.18 Å². The van der Waals surface area contributed by atoms with E-state index in [9.17, 15) is 9.18 Å². The van der Waals surface area contributed by atoms with Gasteiger partial charge in [-0.15, -0.1) is 5.10 Å². The predicted molar refractivity (Wildman–Crippen MR) is 88.4 cm³/mol. The lowest BCUT2D eigenvalue weighted by Gasteiger charge is -2.31. The normalized spacial score (nSPS) is 18.3. The van der Waals surface area contributed by atoms with E-state index in [1.54, 1.807) is 40.0 Å². The maximum absolute atomic E-state index is 13.4. The number of hydrogen-bond acceptors (Lipinski definition) is 5.